The van der Waals surface area contributed by atoms with Gasteiger partial charge in [-0.3, -0.25) is 0 Å². The zero-order valence-electron chi connectivity index (χ0n) is 12.2. The Balaban J connectivity index is 1.82. The summed E-state index contributed by atoms with van der Waals surface area (Å²) in [5.41, 5.74) is 2.64. The van der Waals surface area contributed by atoms with Gasteiger partial charge in [0.15, 0.2) is 0 Å². The molecule has 0 spiro atoms. The molecule has 0 saturated heterocycles. The number of ether oxygens (including phenoxy) is 1. The Kier molecular flexibility index (Phi) is 5.29. The van der Waals surface area contributed by atoms with Crippen LogP contribution in [0.4, 0.5) is 0 Å². The second-order valence-electron chi connectivity index (χ2n) is 5.94. The molecule has 1 aliphatic rings. The molecule has 1 aromatic rings. The molecule has 1 aliphatic carbocycles. The van der Waals surface area contributed by atoms with Crippen LogP contribution >= 0.6 is 11.6 Å². The van der Waals surface area contributed by atoms with Gasteiger partial charge in [-0.25, -0.2) is 0 Å². The molecule has 0 aliphatic heterocycles. The summed E-state index contributed by atoms with van der Waals surface area (Å²) in [5.74, 6) is 1.32. The number of hydrogen-bond donors (Lipinski definition) is 0. The maximum absolute atomic E-state index is 6.53. The highest BCUT2D eigenvalue weighted by Gasteiger charge is 2.31. The minimum atomic E-state index is 0.147. The second-order valence-corrected chi connectivity index (χ2v) is 6.47. The van der Waals surface area contributed by atoms with Crippen molar-refractivity contribution in [3.05, 3.63) is 35.4 Å². The SMILES string of the molecule is CCOC1CC(CC(Cl)c2ccc(C(C)C)cc2)C1. The van der Waals surface area contributed by atoms with Crippen LogP contribution in [0.25, 0.3) is 0 Å². The number of halogens is 1. The van der Waals surface area contributed by atoms with Crippen molar-refractivity contribution in [2.24, 2.45) is 5.92 Å². The van der Waals surface area contributed by atoms with Crippen molar-refractivity contribution in [1.29, 1.82) is 0 Å². The second kappa shape index (κ2) is 6.76. The molecule has 1 aromatic carbocycles. The molecular formula is C17H25ClO. The molecule has 1 nitrogen and oxygen atoms in total. The third-order valence-corrected chi connectivity index (χ3v) is 4.53. The van der Waals surface area contributed by atoms with Crippen LogP contribution in [0.2, 0.25) is 0 Å². The summed E-state index contributed by atoms with van der Waals surface area (Å²) < 4.78 is 5.59. The van der Waals surface area contributed by atoms with Crippen molar-refractivity contribution in [1.82, 2.24) is 0 Å². The Morgan fingerprint density at radius 1 is 1.16 bits per heavy atom. The van der Waals surface area contributed by atoms with Gasteiger partial charge in [-0.2, -0.15) is 0 Å². The fourth-order valence-corrected chi connectivity index (χ4v) is 3.15. The van der Waals surface area contributed by atoms with Gasteiger partial charge in [-0.15, -0.1) is 11.6 Å². The van der Waals surface area contributed by atoms with Gasteiger partial charge in [0.2, 0.25) is 0 Å². The molecule has 1 atom stereocenters. The normalized spacial score (nSPS) is 24.3. The lowest BCUT2D eigenvalue weighted by atomic mass is 9.78. The van der Waals surface area contributed by atoms with Crippen LogP contribution in [0.5, 0.6) is 0 Å². The maximum atomic E-state index is 6.53. The van der Waals surface area contributed by atoms with Gasteiger partial charge in [-0.05, 0) is 49.1 Å². The monoisotopic (exact) mass is 280 g/mol. The molecule has 0 radical (unpaired) electrons. The van der Waals surface area contributed by atoms with E-state index in [9.17, 15) is 0 Å². The van der Waals surface area contributed by atoms with Crippen LogP contribution in [-0.2, 0) is 4.74 Å². The highest BCUT2D eigenvalue weighted by Crippen LogP contribution is 2.39. The summed E-state index contributed by atoms with van der Waals surface area (Å²) in [6.45, 7) is 7.33. The van der Waals surface area contributed by atoms with Crippen molar-refractivity contribution < 1.29 is 4.74 Å². The Labute approximate surface area is 122 Å². The summed E-state index contributed by atoms with van der Waals surface area (Å²) in [7, 11) is 0. The first-order valence-corrected chi connectivity index (χ1v) is 7.89. The summed E-state index contributed by atoms with van der Waals surface area (Å²) in [6.07, 6.45) is 3.93. The Morgan fingerprint density at radius 2 is 1.74 bits per heavy atom. The van der Waals surface area contributed by atoms with E-state index in [-0.39, 0.29) is 5.38 Å². The van der Waals surface area contributed by atoms with E-state index < -0.39 is 0 Å². The van der Waals surface area contributed by atoms with Crippen molar-refractivity contribution >= 4 is 11.6 Å². The minimum Gasteiger partial charge on any atom is -0.378 e. The molecule has 1 unspecified atom stereocenters. The van der Waals surface area contributed by atoms with Crippen LogP contribution in [0.1, 0.15) is 62.5 Å². The van der Waals surface area contributed by atoms with Gasteiger partial charge in [-0.1, -0.05) is 38.1 Å². The molecule has 2 heteroatoms. The van der Waals surface area contributed by atoms with E-state index in [0.717, 1.165) is 18.9 Å². The van der Waals surface area contributed by atoms with Gasteiger partial charge in [0, 0.05) is 6.61 Å². The molecule has 0 bridgehead atoms. The van der Waals surface area contributed by atoms with Crippen molar-refractivity contribution in [3.63, 3.8) is 0 Å². The van der Waals surface area contributed by atoms with Crippen LogP contribution in [0, 0.1) is 5.92 Å². The van der Waals surface area contributed by atoms with Crippen LogP contribution < -0.4 is 0 Å². The lowest BCUT2D eigenvalue weighted by Gasteiger charge is -2.36. The zero-order chi connectivity index (χ0) is 13.8. The highest BCUT2D eigenvalue weighted by molar-refractivity contribution is 6.20. The predicted octanol–water partition coefficient (Wildman–Crippen LogP) is 5.30. The molecule has 0 aromatic heterocycles. The Hall–Kier alpha value is -0.530. The Morgan fingerprint density at radius 3 is 2.26 bits per heavy atom. The zero-order valence-corrected chi connectivity index (χ0v) is 13.0. The van der Waals surface area contributed by atoms with E-state index >= 15 is 0 Å². The number of benzene rings is 1. The number of hydrogen-bond acceptors (Lipinski definition) is 1. The summed E-state index contributed by atoms with van der Waals surface area (Å²) in [4.78, 5) is 0. The molecule has 1 saturated carbocycles. The molecule has 19 heavy (non-hydrogen) atoms. The fourth-order valence-electron chi connectivity index (χ4n) is 2.76. The molecule has 0 amide bonds. The lowest BCUT2D eigenvalue weighted by Crippen LogP contribution is -2.31. The molecule has 2 rings (SSSR count). The van der Waals surface area contributed by atoms with Gasteiger partial charge in [0.25, 0.3) is 0 Å². The largest absolute Gasteiger partial charge is 0.378 e. The van der Waals surface area contributed by atoms with Crippen LogP contribution in [-0.4, -0.2) is 12.7 Å². The van der Waals surface area contributed by atoms with Gasteiger partial charge >= 0.3 is 0 Å². The molecule has 0 N–H and O–H groups in total. The third kappa shape index (κ3) is 3.97. The molecule has 0 heterocycles. The third-order valence-electron chi connectivity index (χ3n) is 4.10. The first-order chi connectivity index (χ1) is 9.10. The van der Waals surface area contributed by atoms with Crippen molar-refractivity contribution in [2.75, 3.05) is 6.61 Å². The quantitative estimate of drug-likeness (QED) is 0.643. The molecular weight excluding hydrogens is 256 g/mol. The van der Waals surface area contributed by atoms with E-state index in [1.54, 1.807) is 0 Å². The number of rotatable bonds is 6. The smallest absolute Gasteiger partial charge is 0.0587 e. The van der Waals surface area contributed by atoms with Gasteiger partial charge in [0.1, 0.15) is 0 Å². The van der Waals surface area contributed by atoms with Gasteiger partial charge in [0.05, 0.1) is 11.5 Å². The van der Waals surface area contributed by atoms with E-state index in [0.29, 0.717) is 12.0 Å². The standard InChI is InChI=1S/C17H25ClO/c1-4-19-16-9-13(10-16)11-17(18)15-7-5-14(6-8-15)12(2)3/h5-8,12-13,16-17H,4,9-11H2,1-3H3. The number of alkyl halides is 1. The summed E-state index contributed by atoms with van der Waals surface area (Å²) in [5, 5.41) is 0.147. The van der Waals surface area contributed by atoms with Crippen LogP contribution in [0.3, 0.4) is 0 Å². The summed E-state index contributed by atoms with van der Waals surface area (Å²) >= 11 is 6.53. The van der Waals surface area contributed by atoms with E-state index in [4.69, 9.17) is 16.3 Å². The predicted molar refractivity (Wildman–Crippen MR) is 81.9 cm³/mol. The lowest BCUT2D eigenvalue weighted by molar-refractivity contribution is -0.0267. The highest BCUT2D eigenvalue weighted by atomic mass is 35.5. The van der Waals surface area contributed by atoms with E-state index in [2.05, 4.69) is 45.0 Å². The topological polar surface area (TPSA) is 9.23 Å². The van der Waals surface area contributed by atoms with Crippen LogP contribution in [0.15, 0.2) is 24.3 Å². The fraction of sp³-hybridized carbons (Fsp3) is 0.647. The maximum Gasteiger partial charge on any atom is 0.0587 e. The van der Waals surface area contributed by atoms with Crippen molar-refractivity contribution in [2.45, 2.75) is 57.4 Å². The van der Waals surface area contributed by atoms with Gasteiger partial charge < -0.3 is 4.74 Å². The average molecular weight is 281 g/mol. The average Bonchev–Trinajstić information content (AvgIpc) is 2.36. The molecule has 1 fully saturated rings. The summed E-state index contributed by atoms with van der Waals surface area (Å²) in [6, 6.07) is 8.79. The van der Waals surface area contributed by atoms with E-state index in [1.807, 2.05) is 0 Å². The first kappa shape index (κ1) is 14.9. The Bertz CT molecular complexity index is 379. The van der Waals surface area contributed by atoms with E-state index in [1.165, 1.54) is 24.0 Å². The molecule has 106 valence electrons. The van der Waals surface area contributed by atoms with Crippen molar-refractivity contribution in [3.8, 4) is 0 Å². The first-order valence-electron chi connectivity index (χ1n) is 7.45. The minimum absolute atomic E-state index is 0.147.